The van der Waals surface area contributed by atoms with E-state index in [1.54, 1.807) is 6.20 Å². The van der Waals surface area contributed by atoms with Gasteiger partial charge >= 0.3 is 0 Å². The summed E-state index contributed by atoms with van der Waals surface area (Å²) in [6, 6.07) is 3.72. The van der Waals surface area contributed by atoms with E-state index in [0.717, 1.165) is 5.56 Å². The molecule has 2 aliphatic carbocycles. The maximum atomic E-state index is 12.0. The SMILES string of the molecule is NCc1ccc(NC(=O)C2C3CCCC32)nc1. The van der Waals surface area contributed by atoms with Crippen LogP contribution in [0, 0.1) is 17.8 Å². The number of hydrogen-bond donors (Lipinski definition) is 2. The lowest BCUT2D eigenvalue weighted by Gasteiger charge is -2.06. The predicted molar refractivity (Wildman–Crippen MR) is 65.1 cm³/mol. The fraction of sp³-hybridized carbons (Fsp3) is 0.538. The number of fused-ring (bicyclic) bond motifs is 1. The second-order valence-corrected chi connectivity index (χ2v) is 5.03. The molecule has 2 aliphatic rings. The van der Waals surface area contributed by atoms with Crippen molar-refractivity contribution < 1.29 is 4.79 Å². The summed E-state index contributed by atoms with van der Waals surface area (Å²) in [6.07, 6.45) is 5.45. The maximum absolute atomic E-state index is 12.0. The minimum Gasteiger partial charge on any atom is -0.326 e. The molecule has 3 N–H and O–H groups in total. The highest BCUT2D eigenvalue weighted by atomic mass is 16.2. The summed E-state index contributed by atoms with van der Waals surface area (Å²) in [5.41, 5.74) is 6.47. The summed E-state index contributed by atoms with van der Waals surface area (Å²) in [5, 5.41) is 2.89. The van der Waals surface area contributed by atoms with E-state index in [1.165, 1.54) is 19.3 Å². The van der Waals surface area contributed by atoms with Gasteiger partial charge in [-0.3, -0.25) is 4.79 Å². The second-order valence-electron chi connectivity index (χ2n) is 5.03. The first-order valence-electron chi connectivity index (χ1n) is 6.25. The average molecular weight is 231 g/mol. The Hall–Kier alpha value is -1.42. The van der Waals surface area contributed by atoms with Crippen molar-refractivity contribution in [1.29, 1.82) is 0 Å². The summed E-state index contributed by atoms with van der Waals surface area (Å²) >= 11 is 0. The minimum absolute atomic E-state index is 0.146. The third-order valence-corrected chi connectivity index (χ3v) is 4.02. The molecule has 2 saturated carbocycles. The highest BCUT2D eigenvalue weighted by Crippen LogP contribution is 2.57. The van der Waals surface area contributed by atoms with Crippen LogP contribution in [0.15, 0.2) is 18.3 Å². The summed E-state index contributed by atoms with van der Waals surface area (Å²) < 4.78 is 0. The Balaban J connectivity index is 1.61. The van der Waals surface area contributed by atoms with E-state index in [4.69, 9.17) is 5.73 Å². The van der Waals surface area contributed by atoms with Gasteiger partial charge in [0.05, 0.1) is 0 Å². The van der Waals surface area contributed by atoms with Crippen molar-refractivity contribution in [3.8, 4) is 0 Å². The third-order valence-electron chi connectivity index (χ3n) is 4.02. The number of carbonyl (C=O) groups is 1. The van der Waals surface area contributed by atoms with Gasteiger partial charge < -0.3 is 11.1 Å². The van der Waals surface area contributed by atoms with Gasteiger partial charge in [-0.1, -0.05) is 12.5 Å². The molecule has 0 aliphatic heterocycles. The standard InChI is InChI=1S/C13H17N3O/c14-6-8-4-5-11(15-7-8)16-13(17)12-9-2-1-3-10(9)12/h4-5,7,9-10,12H,1-3,6,14H2,(H,15,16,17). The number of nitrogens with zero attached hydrogens (tertiary/aromatic N) is 1. The molecule has 1 amide bonds. The quantitative estimate of drug-likeness (QED) is 0.828. The maximum Gasteiger partial charge on any atom is 0.229 e. The number of hydrogen-bond acceptors (Lipinski definition) is 3. The van der Waals surface area contributed by atoms with Crippen molar-refractivity contribution in [2.45, 2.75) is 25.8 Å². The molecule has 0 bridgehead atoms. The molecule has 0 spiro atoms. The molecule has 17 heavy (non-hydrogen) atoms. The molecule has 4 nitrogen and oxygen atoms in total. The Bertz CT molecular complexity index is 419. The highest BCUT2D eigenvalue weighted by molar-refractivity contribution is 5.94. The van der Waals surface area contributed by atoms with Crippen LogP contribution in [0.1, 0.15) is 24.8 Å². The van der Waals surface area contributed by atoms with E-state index in [0.29, 0.717) is 24.2 Å². The monoisotopic (exact) mass is 231 g/mol. The normalized spacial score (nSPS) is 29.8. The van der Waals surface area contributed by atoms with Crippen LogP contribution in [0.4, 0.5) is 5.82 Å². The Morgan fingerprint density at radius 1 is 1.41 bits per heavy atom. The molecule has 1 aromatic rings. The Morgan fingerprint density at radius 3 is 2.76 bits per heavy atom. The zero-order chi connectivity index (χ0) is 11.8. The van der Waals surface area contributed by atoms with Crippen molar-refractivity contribution >= 4 is 11.7 Å². The molecule has 1 aromatic heterocycles. The number of amides is 1. The molecular formula is C13H17N3O. The molecule has 0 radical (unpaired) electrons. The first kappa shape index (κ1) is 10.7. The van der Waals surface area contributed by atoms with Crippen LogP contribution in [0.5, 0.6) is 0 Å². The minimum atomic E-state index is 0.146. The Kier molecular flexibility index (Phi) is 2.59. The number of rotatable bonds is 3. The molecule has 90 valence electrons. The van der Waals surface area contributed by atoms with Gasteiger partial charge in [-0.25, -0.2) is 4.98 Å². The second kappa shape index (κ2) is 4.11. The van der Waals surface area contributed by atoms with E-state index in [9.17, 15) is 4.79 Å². The van der Waals surface area contributed by atoms with Gasteiger partial charge in [-0.05, 0) is 36.3 Å². The smallest absolute Gasteiger partial charge is 0.229 e. The van der Waals surface area contributed by atoms with Gasteiger partial charge in [0.15, 0.2) is 0 Å². The number of nitrogens with one attached hydrogen (secondary N) is 1. The predicted octanol–water partition coefficient (Wildman–Crippen LogP) is 1.52. The molecule has 2 unspecified atom stereocenters. The number of anilines is 1. The van der Waals surface area contributed by atoms with E-state index in [1.807, 2.05) is 12.1 Å². The molecule has 2 atom stereocenters. The first-order valence-corrected chi connectivity index (χ1v) is 6.25. The summed E-state index contributed by atoms with van der Waals surface area (Å²) in [6.45, 7) is 0.480. The van der Waals surface area contributed by atoms with Crippen molar-refractivity contribution in [1.82, 2.24) is 4.98 Å². The van der Waals surface area contributed by atoms with Crippen molar-refractivity contribution in [3.63, 3.8) is 0 Å². The zero-order valence-corrected chi connectivity index (χ0v) is 9.73. The van der Waals surface area contributed by atoms with Crippen molar-refractivity contribution in [2.75, 3.05) is 5.32 Å². The molecule has 4 heteroatoms. The lowest BCUT2D eigenvalue weighted by Crippen LogP contribution is -2.17. The van der Waals surface area contributed by atoms with Crippen LogP contribution < -0.4 is 11.1 Å². The fourth-order valence-corrected chi connectivity index (χ4v) is 3.04. The molecule has 0 aromatic carbocycles. The van der Waals surface area contributed by atoms with Crippen LogP contribution in [0.25, 0.3) is 0 Å². The van der Waals surface area contributed by atoms with Crippen LogP contribution in [0.3, 0.4) is 0 Å². The van der Waals surface area contributed by atoms with Gasteiger partial charge in [0.25, 0.3) is 0 Å². The molecule has 3 rings (SSSR count). The lowest BCUT2D eigenvalue weighted by molar-refractivity contribution is -0.118. The number of pyridine rings is 1. The van der Waals surface area contributed by atoms with Gasteiger partial charge in [0.1, 0.15) is 5.82 Å². The third kappa shape index (κ3) is 1.93. The zero-order valence-electron chi connectivity index (χ0n) is 9.73. The van der Waals surface area contributed by atoms with E-state index in [2.05, 4.69) is 10.3 Å². The van der Waals surface area contributed by atoms with Gasteiger partial charge in [0, 0.05) is 18.7 Å². The van der Waals surface area contributed by atoms with E-state index < -0.39 is 0 Å². The molecule has 1 heterocycles. The van der Waals surface area contributed by atoms with Crippen LogP contribution in [-0.4, -0.2) is 10.9 Å². The van der Waals surface area contributed by atoms with Gasteiger partial charge in [0.2, 0.25) is 5.91 Å². The molecule has 2 fully saturated rings. The number of nitrogens with two attached hydrogens (primary N) is 1. The van der Waals surface area contributed by atoms with Gasteiger partial charge in [-0.15, -0.1) is 0 Å². The number of aromatic nitrogens is 1. The lowest BCUT2D eigenvalue weighted by atomic mass is 10.1. The van der Waals surface area contributed by atoms with E-state index in [-0.39, 0.29) is 11.8 Å². The van der Waals surface area contributed by atoms with Crippen LogP contribution in [0.2, 0.25) is 0 Å². The highest BCUT2D eigenvalue weighted by Gasteiger charge is 2.56. The van der Waals surface area contributed by atoms with E-state index >= 15 is 0 Å². The molecule has 0 saturated heterocycles. The topological polar surface area (TPSA) is 68.0 Å². The molecular weight excluding hydrogens is 214 g/mol. The Morgan fingerprint density at radius 2 is 2.18 bits per heavy atom. The average Bonchev–Trinajstić information content (AvgIpc) is 2.85. The van der Waals surface area contributed by atoms with Crippen molar-refractivity contribution in [2.24, 2.45) is 23.5 Å². The van der Waals surface area contributed by atoms with Crippen LogP contribution >= 0.6 is 0 Å². The summed E-state index contributed by atoms with van der Waals surface area (Å²) in [4.78, 5) is 16.1. The summed E-state index contributed by atoms with van der Waals surface area (Å²) in [7, 11) is 0. The fourth-order valence-electron chi connectivity index (χ4n) is 3.04. The Labute approximate surface area is 101 Å². The largest absolute Gasteiger partial charge is 0.326 e. The van der Waals surface area contributed by atoms with Crippen LogP contribution in [-0.2, 0) is 11.3 Å². The van der Waals surface area contributed by atoms with Crippen molar-refractivity contribution in [3.05, 3.63) is 23.9 Å². The number of carbonyl (C=O) groups excluding carboxylic acids is 1. The summed E-state index contributed by atoms with van der Waals surface area (Å²) in [5.74, 6) is 2.33. The van der Waals surface area contributed by atoms with Gasteiger partial charge in [-0.2, -0.15) is 0 Å². The first-order chi connectivity index (χ1) is 8.29.